The normalized spacial score (nSPS) is 22.7. The second-order valence-corrected chi connectivity index (χ2v) is 6.01. The third-order valence-electron chi connectivity index (χ3n) is 4.08. The monoisotopic (exact) mass is 353 g/mol. The maximum atomic E-state index is 11.4. The Bertz CT molecular complexity index is 701. The molecule has 0 bridgehead atoms. The molecule has 1 aliphatic rings. The first-order valence-electron chi connectivity index (χ1n) is 6.78. The van der Waals surface area contributed by atoms with Crippen molar-refractivity contribution < 1.29 is 9.90 Å². The Hall–Kier alpha value is -1.83. The number of carboxylic acids is 1. The highest BCUT2D eigenvalue weighted by atomic mass is 79.9. The maximum absolute atomic E-state index is 11.4. The van der Waals surface area contributed by atoms with Crippen molar-refractivity contribution in [1.29, 1.82) is 0 Å². The first kappa shape index (κ1) is 14.1. The minimum absolute atomic E-state index is 0.122. The zero-order valence-electron chi connectivity index (χ0n) is 11.5. The van der Waals surface area contributed by atoms with Crippen LogP contribution >= 0.6 is 15.9 Å². The van der Waals surface area contributed by atoms with Crippen LogP contribution in [0.2, 0.25) is 0 Å². The molecule has 1 aliphatic heterocycles. The maximum Gasteiger partial charge on any atom is 0.308 e. The van der Waals surface area contributed by atoms with Crippen molar-refractivity contribution in [2.75, 3.05) is 17.2 Å². The van der Waals surface area contributed by atoms with Gasteiger partial charge in [0.2, 0.25) is 5.95 Å². The van der Waals surface area contributed by atoms with Crippen molar-refractivity contribution in [1.82, 2.24) is 14.4 Å². The fraction of sp³-hybridized carbons (Fsp3) is 0.462. The molecule has 21 heavy (non-hydrogen) atoms. The summed E-state index contributed by atoms with van der Waals surface area (Å²) in [6.07, 6.45) is 4.93. The van der Waals surface area contributed by atoms with Gasteiger partial charge in [0.1, 0.15) is 10.1 Å². The zero-order chi connectivity index (χ0) is 15.1. The van der Waals surface area contributed by atoms with Gasteiger partial charge in [0.15, 0.2) is 5.82 Å². The number of halogens is 1. The Morgan fingerprint density at radius 1 is 1.57 bits per heavy atom. The first-order chi connectivity index (χ1) is 10.0. The molecule has 3 heterocycles. The standard InChI is InChI=1S/C13H16BrN5O2/c1-7-8(12(20)21)3-2-5-18(7)13-17-10(14)9-11(15)16-4-6-19(9)13/h4,6-8H,2-3,5H2,1H3,(H2,15,16)(H,20,21)/t7-,8?/m0/s1. The number of nitrogen functional groups attached to an aromatic ring is 1. The highest BCUT2D eigenvalue weighted by molar-refractivity contribution is 9.10. The van der Waals surface area contributed by atoms with Crippen LogP contribution in [0, 0.1) is 5.92 Å². The number of fused-ring (bicyclic) bond motifs is 1. The zero-order valence-corrected chi connectivity index (χ0v) is 13.1. The van der Waals surface area contributed by atoms with Crippen LogP contribution in [0.1, 0.15) is 19.8 Å². The summed E-state index contributed by atoms with van der Waals surface area (Å²) in [5.74, 6) is -0.0515. The van der Waals surface area contributed by atoms with Gasteiger partial charge in [-0.3, -0.25) is 9.20 Å². The van der Waals surface area contributed by atoms with Gasteiger partial charge in [-0.25, -0.2) is 9.97 Å². The largest absolute Gasteiger partial charge is 0.481 e. The molecule has 8 heteroatoms. The smallest absolute Gasteiger partial charge is 0.308 e. The average molecular weight is 354 g/mol. The van der Waals surface area contributed by atoms with Gasteiger partial charge in [0, 0.05) is 25.0 Å². The van der Waals surface area contributed by atoms with Gasteiger partial charge in [-0.05, 0) is 35.7 Å². The minimum Gasteiger partial charge on any atom is -0.481 e. The van der Waals surface area contributed by atoms with E-state index in [1.807, 2.05) is 16.2 Å². The summed E-state index contributed by atoms with van der Waals surface area (Å²) in [6, 6.07) is -0.122. The molecule has 0 aliphatic carbocycles. The van der Waals surface area contributed by atoms with Crippen LogP contribution in [-0.2, 0) is 4.79 Å². The van der Waals surface area contributed by atoms with E-state index >= 15 is 0 Å². The van der Waals surface area contributed by atoms with Gasteiger partial charge in [-0.1, -0.05) is 0 Å². The summed E-state index contributed by atoms with van der Waals surface area (Å²) in [5, 5.41) is 9.34. The van der Waals surface area contributed by atoms with Crippen LogP contribution < -0.4 is 10.6 Å². The number of imidazole rings is 1. The molecule has 3 N–H and O–H groups in total. The van der Waals surface area contributed by atoms with Crippen molar-refractivity contribution in [3.8, 4) is 0 Å². The highest BCUT2D eigenvalue weighted by Crippen LogP contribution is 2.32. The Labute approximate surface area is 129 Å². The molecule has 0 spiro atoms. The van der Waals surface area contributed by atoms with Gasteiger partial charge in [0.05, 0.1) is 5.92 Å². The summed E-state index contributed by atoms with van der Waals surface area (Å²) >= 11 is 3.40. The fourth-order valence-corrected chi connectivity index (χ4v) is 3.52. The lowest BCUT2D eigenvalue weighted by atomic mass is 9.90. The van der Waals surface area contributed by atoms with Crippen molar-refractivity contribution in [3.63, 3.8) is 0 Å². The molecule has 3 rings (SSSR count). The molecule has 112 valence electrons. The number of nitrogens with two attached hydrogens (primary N) is 1. The number of hydrogen-bond donors (Lipinski definition) is 2. The second-order valence-electron chi connectivity index (χ2n) is 5.25. The Kier molecular flexibility index (Phi) is 3.48. The van der Waals surface area contributed by atoms with E-state index in [9.17, 15) is 9.90 Å². The average Bonchev–Trinajstić information content (AvgIpc) is 2.77. The molecular weight excluding hydrogens is 338 g/mol. The first-order valence-corrected chi connectivity index (χ1v) is 7.57. The topological polar surface area (TPSA) is 96.8 Å². The van der Waals surface area contributed by atoms with E-state index in [1.54, 1.807) is 12.4 Å². The van der Waals surface area contributed by atoms with Crippen molar-refractivity contribution in [3.05, 3.63) is 17.0 Å². The van der Waals surface area contributed by atoms with Gasteiger partial charge in [-0.2, -0.15) is 0 Å². The minimum atomic E-state index is -0.756. The van der Waals surface area contributed by atoms with Gasteiger partial charge < -0.3 is 15.7 Å². The molecular formula is C13H16BrN5O2. The van der Waals surface area contributed by atoms with Crippen LogP contribution in [0.15, 0.2) is 17.0 Å². The van der Waals surface area contributed by atoms with E-state index in [0.717, 1.165) is 13.0 Å². The number of carboxylic acid groups (broad SMARTS) is 1. The number of aromatic nitrogens is 3. The molecule has 7 nitrogen and oxygen atoms in total. The predicted molar refractivity (Wildman–Crippen MR) is 82.3 cm³/mol. The molecule has 2 aromatic rings. The molecule has 0 aromatic carbocycles. The number of hydrogen-bond acceptors (Lipinski definition) is 5. The summed E-state index contributed by atoms with van der Waals surface area (Å²) in [7, 11) is 0. The number of carbonyl (C=O) groups is 1. The number of anilines is 2. The molecule has 1 unspecified atom stereocenters. The van der Waals surface area contributed by atoms with Crippen molar-refractivity contribution in [2.24, 2.45) is 5.92 Å². The van der Waals surface area contributed by atoms with Crippen LogP contribution in [-0.4, -0.2) is 38.0 Å². The summed E-state index contributed by atoms with van der Waals surface area (Å²) < 4.78 is 2.47. The van der Waals surface area contributed by atoms with Gasteiger partial charge in [0.25, 0.3) is 0 Å². The molecule has 2 aromatic heterocycles. The van der Waals surface area contributed by atoms with E-state index in [-0.39, 0.29) is 12.0 Å². The Balaban J connectivity index is 2.08. The van der Waals surface area contributed by atoms with E-state index in [4.69, 9.17) is 5.73 Å². The fourth-order valence-electron chi connectivity index (χ4n) is 2.96. The van der Waals surface area contributed by atoms with Crippen LogP contribution in [0.4, 0.5) is 11.8 Å². The molecule has 1 saturated heterocycles. The number of rotatable bonds is 2. The van der Waals surface area contributed by atoms with Gasteiger partial charge in [-0.15, -0.1) is 0 Å². The Morgan fingerprint density at radius 2 is 2.33 bits per heavy atom. The third kappa shape index (κ3) is 2.23. The van der Waals surface area contributed by atoms with Gasteiger partial charge >= 0.3 is 5.97 Å². The SMILES string of the molecule is C[C@H]1C(C(=O)O)CCCN1c1nc(Br)c2c(N)nccn12. The van der Waals surface area contributed by atoms with E-state index in [0.29, 0.717) is 28.3 Å². The molecule has 1 fully saturated rings. The third-order valence-corrected chi connectivity index (χ3v) is 4.64. The quantitative estimate of drug-likeness (QED) is 0.853. The lowest BCUT2D eigenvalue weighted by Crippen LogP contribution is -2.47. The highest BCUT2D eigenvalue weighted by Gasteiger charge is 2.35. The second kappa shape index (κ2) is 5.18. The molecule has 0 radical (unpaired) electrons. The van der Waals surface area contributed by atoms with E-state index in [1.165, 1.54) is 0 Å². The molecule has 0 amide bonds. The summed E-state index contributed by atoms with van der Waals surface area (Å²) in [4.78, 5) is 22.0. The number of aliphatic carboxylic acids is 1. The van der Waals surface area contributed by atoms with Crippen LogP contribution in [0.5, 0.6) is 0 Å². The van der Waals surface area contributed by atoms with Crippen molar-refractivity contribution in [2.45, 2.75) is 25.8 Å². The molecule has 2 atom stereocenters. The number of nitrogens with zero attached hydrogens (tertiary/aromatic N) is 4. The van der Waals surface area contributed by atoms with Crippen LogP contribution in [0.25, 0.3) is 5.52 Å². The molecule has 0 saturated carbocycles. The summed E-state index contributed by atoms with van der Waals surface area (Å²) in [6.45, 7) is 2.70. The van der Waals surface area contributed by atoms with Crippen molar-refractivity contribution >= 4 is 39.2 Å². The number of piperidine rings is 1. The summed E-state index contributed by atoms with van der Waals surface area (Å²) in [5.41, 5.74) is 6.60. The lowest BCUT2D eigenvalue weighted by molar-refractivity contribution is -0.143. The van der Waals surface area contributed by atoms with E-state index in [2.05, 4.69) is 25.9 Å². The van der Waals surface area contributed by atoms with Crippen LogP contribution in [0.3, 0.4) is 0 Å². The van der Waals surface area contributed by atoms with E-state index < -0.39 is 5.97 Å². The Morgan fingerprint density at radius 3 is 3.05 bits per heavy atom. The lowest BCUT2D eigenvalue weighted by Gasteiger charge is -2.37. The predicted octanol–water partition coefficient (Wildman–Crippen LogP) is 1.76.